The van der Waals surface area contributed by atoms with Crippen LogP contribution in [0.1, 0.15) is 57.1 Å². The van der Waals surface area contributed by atoms with Crippen LogP contribution in [0.5, 0.6) is 11.5 Å². The van der Waals surface area contributed by atoms with Crippen molar-refractivity contribution in [3.8, 4) is 11.5 Å². The predicted octanol–water partition coefficient (Wildman–Crippen LogP) is 5.46. The number of benzene rings is 1. The number of carbonyl (C=O) groups excluding carboxylic acids is 1. The van der Waals surface area contributed by atoms with E-state index in [1.165, 1.54) is 11.6 Å². The molecule has 1 aliphatic heterocycles. The first-order chi connectivity index (χ1) is 13.1. The van der Waals surface area contributed by atoms with Crippen molar-refractivity contribution in [2.24, 2.45) is 5.92 Å². The standard InChI is InChI=1S/C21H25F2IO4/c1-12-5-6-15-14(9-12)18-16(25)10-13(11-17(18)28-20(15,2)3)21(22,23)19(26)27-8-4-7-24/h5,10-11,14-15,25H,4,6-9H2,1-3H3. The lowest BCUT2D eigenvalue weighted by Gasteiger charge is -2.47. The van der Waals surface area contributed by atoms with Gasteiger partial charge in [-0.2, -0.15) is 8.78 Å². The molecule has 4 nitrogen and oxygen atoms in total. The average Bonchev–Trinajstić information content (AvgIpc) is 2.60. The van der Waals surface area contributed by atoms with Crippen LogP contribution in [0.15, 0.2) is 23.8 Å². The van der Waals surface area contributed by atoms with Crippen LogP contribution >= 0.6 is 22.6 Å². The summed E-state index contributed by atoms with van der Waals surface area (Å²) >= 11 is 2.08. The number of fused-ring (bicyclic) bond motifs is 3. The van der Waals surface area contributed by atoms with Gasteiger partial charge in [0, 0.05) is 27.4 Å². The topological polar surface area (TPSA) is 55.8 Å². The van der Waals surface area contributed by atoms with Crippen LogP contribution in [0.2, 0.25) is 0 Å². The van der Waals surface area contributed by atoms with Crippen molar-refractivity contribution in [2.75, 3.05) is 11.0 Å². The number of phenols is 1. The molecular weight excluding hydrogens is 481 g/mol. The molecule has 7 heteroatoms. The molecule has 0 saturated heterocycles. The second-order valence-corrected chi connectivity index (χ2v) is 9.15. The number of phenolic OH excluding ortho intramolecular Hbond substituents is 1. The summed E-state index contributed by atoms with van der Waals surface area (Å²) in [5, 5.41) is 10.6. The summed E-state index contributed by atoms with van der Waals surface area (Å²) in [5.74, 6) is -5.38. The zero-order valence-corrected chi connectivity index (χ0v) is 18.4. The molecule has 0 bridgehead atoms. The Balaban J connectivity index is 1.98. The third-order valence-corrected chi connectivity index (χ3v) is 6.40. The van der Waals surface area contributed by atoms with Gasteiger partial charge in [0.2, 0.25) is 0 Å². The minimum Gasteiger partial charge on any atom is -0.508 e. The molecule has 3 rings (SSSR count). The maximum atomic E-state index is 14.7. The summed E-state index contributed by atoms with van der Waals surface area (Å²) in [6.45, 7) is 5.83. The first kappa shape index (κ1) is 21.3. The van der Waals surface area contributed by atoms with Crippen molar-refractivity contribution in [1.29, 1.82) is 0 Å². The quantitative estimate of drug-likeness (QED) is 0.190. The highest BCUT2D eigenvalue weighted by atomic mass is 127. The molecule has 0 spiro atoms. The summed E-state index contributed by atoms with van der Waals surface area (Å²) in [6, 6.07) is 2.16. The number of hydrogen-bond acceptors (Lipinski definition) is 4. The van der Waals surface area contributed by atoms with Crippen LogP contribution in [0.3, 0.4) is 0 Å². The van der Waals surface area contributed by atoms with Crippen LogP contribution in [0.25, 0.3) is 0 Å². The van der Waals surface area contributed by atoms with Crippen molar-refractivity contribution < 1.29 is 28.2 Å². The number of hydrogen-bond donors (Lipinski definition) is 1. The Kier molecular flexibility index (Phi) is 5.94. The summed E-state index contributed by atoms with van der Waals surface area (Å²) in [6.07, 6.45) is 4.23. The molecule has 1 aromatic rings. The fourth-order valence-corrected chi connectivity index (χ4v) is 4.49. The zero-order valence-electron chi connectivity index (χ0n) is 16.2. The fraction of sp³-hybridized carbons (Fsp3) is 0.571. The zero-order chi connectivity index (χ0) is 20.7. The monoisotopic (exact) mass is 506 g/mol. The van der Waals surface area contributed by atoms with Crippen molar-refractivity contribution in [1.82, 2.24) is 0 Å². The lowest BCUT2D eigenvalue weighted by molar-refractivity contribution is -0.173. The highest BCUT2D eigenvalue weighted by Gasteiger charge is 2.48. The minimum absolute atomic E-state index is 0.0120. The van der Waals surface area contributed by atoms with Gasteiger partial charge >= 0.3 is 11.9 Å². The Morgan fingerprint density at radius 3 is 2.82 bits per heavy atom. The number of alkyl halides is 3. The molecule has 28 heavy (non-hydrogen) atoms. The summed E-state index contributed by atoms with van der Waals surface area (Å²) in [5.41, 5.74) is 0.573. The third-order valence-electron chi connectivity index (χ3n) is 5.63. The maximum Gasteiger partial charge on any atom is 0.381 e. The minimum atomic E-state index is -3.86. The molecule has 1 aliphatic carbocycles. The lowest BCUT2D eigenvalue weighted by atomic mass is 9.67. The number of ether oxygens (including phenoxy) is 2. The Labute approximate surface area is 177 Å². The second-order valence-electron chi connectivity index (χ2n) is 8.07. The van der Waals surface area contributed by atoms with E-state index in [9.17, 15) is 18.7 Å². The lowest BCUT2D eigenvalue weighted by Crippen LogP contribution is -2.45. The van der Waals surface area contributed by atoms with Crippen molar-refractivity contribution in [3.63, 3.8) is 0 Å². The van der Waals surface area contributed by atoms with Gasteiger partial charge in [0.15, 0.2) is 0 Å². The number of rotatable bonds is 5. The molecule has 0 radical (unpaired) electrons. The fourth-order valence-electron chi connectivity index (χ4n) is 4.17. The van der Waals surface area contributed by atoms with Gasteiger partial charge < -0.3 is 14.6 Å². The van der Waals surface area contributed by atoms with Crippen LogP contribution in [0.4, 0.5) is 8.78 Å². The van der Waals surface area contributed by atoms with Gasteiger partial charge in [0.1, 0.15) is 17.1 Å². The molecule has 1 aromatic carbocycles. The van der Waals surface area contributed by atoms with E-state index < -0.39 is 23.1 Å². The number of esters is 1. The molecule has 1 heterocycles. The van der Waals surface area contributed by atoms with E-state index in [2.05, 4.69) is 28.7 Å². The van der Waals surface area contributed by atoms with E-state index in [1.807, 2.05) is 20.8 Å². The van der Waals surface area contributed by atoms with Crippen LogP contribution in [-0.2, 0) is 15.5 Å². The molecule has 0 amide bonds. The van der Waals surface area contributed by atoms with Crippen molar-refractivity contribution in [2.45, 2.75) is 57.5 Å². The molecule has 0 fully saturated rings. The predicted molar refractivity (Wildman–Crippen MR) is 110 cm³/mol. The second kappa shape index (κ2) is 7.80. The molecule has 1 N–H and O–H groups in total. The molecule has 2 aliphatic rings. The number of aromatic hydroxyl groups is 1. The van der Waals surface area contributed by atoms with E-state index in [0.717, 1.165) is 18.9 Å². The Bertz CT molecular complexity index is 804. The van der Waals surface area contributed by atoms with Crippen LogP contribution in [-0.4, -0.2) is 27.7 Å². The SMILES string of the molecule is CC1=CCC2C(C1)c1c(O)cc(C(F)(F)C(=O)OCCCI)cc1OC2(C)C. The molecule has 2 unspecified atom stereocenters. The molecule has 0 aromatic heterocycles. The summed E-state index contributed by atoms with van der Waals surface area (Å²) < 4.78 is 40.8. The van der Waals surface area contributed by atoms with Gasteiger partial charge in [-0.05, 0) is 52.2 Å². The van der Waals surface area contributed by atoms with Gasteiger partial charge in [0.05, 0.1) is 6.61 Å². The number of allylic oxidation sites excluding steroid dienone is 2. The van der Waals surface area contributed by atoms with E-state index in [0.29, 0.717) is 16.4 Å². The molecule has 154 valence electrons. The van der Waals surface area contributed by atoms with Crippen LogP contribution in [0, 0.1) is 5.92 Å². The van der Waals surface area contributed by atoms with Gasteiger partial charge in [-0.1, -0.05) is 34.2 Å². The Hall–Kier alpha value is -1.38. The van der Waals surface area contributed by atoms with Crippen molar-refractivity contribution in [3.05, 3.63) is 34.9 Å². The highest BCUT2D eigenvalue weighted by Crippen LogP contribution is 2.55. The Morgan fingerprint density at radius 1 is 1.43 bits per heavy atom. The van der Waals surface area contributed by atoms with Crippen LogP contribution < -0.4 is 4.74 Å². The van der Waals surface area contributed by atoms with E-state index in [4.69, 9.17) is 9.47 Å². The number of halogens is 3. The van der Waals surface area contributed by atoms with Gasteiger partial charge in [-0.15, -0.1) is 0 Å². The largest absolute Gasteiger partial charge is 0.508 e. The van der Waals surface area contributed by atoms with Crippen molar-refractivity contribution >= 4 is 28.6 Å². The van der Waals surface area contributed by atoms with E-state index in [-0.39, 0.29) is 29.9 Å². The van der Waals surface area contributed by atoms with Gasteiger partial charge in [0.25, 0.3) is 0 Å². The van der Waals surface area contributed by atoms with Gasteiger partial charge in [-0.25, -0.2) is 4.79 Å². The van der Waals surface area contributed by atoms with E-state index >= 15 is 0 Å². The third kappa shape index (κ3) is 3.86. The highest BCUT2D eigenvalue weighted by molar-refractivity contribution is 14.1. The molecule has 0 saturated carbocycles. The maximum absolute atomic E-state index is 14.7. The average molecular weight is 506 g/mol. The van der Waals surface area contributed by atoms with E-state index in [1.54, 1.807) is 0 Å². The summed E-state index contributed by atoms with van der Waals surface area (Å²) in [7, 11) is 0. The Morgan fingerprint density at radius 2 is 2.14 bits per heavy atom. The summed E-state index contributed by atoms with van der Waals surface area (Å²) in [4.78, 5) is 11.9. The normalized spacial score (nSPS) is 23.1. The number of carbonyl (C=O) groups is 1. The first-order valence-electron chi connectivity index (χ1n) is 9.41. The molecular formula is C21H25F2IO4. The smallest absolute Gasteiger partial charge is 0.381 e. The van der Waals surface area contributed by atoms with Gasteiger partial charge in [-0.3, -0.25) is 0 Å². The first-order valence-corrected chi connectivity index (χ1v) is 10.9. The molecule has 2 atom stereocenters.